The maximum atomic E-state index is 11.9. The van der Waals surface area contributed by atoms with Gasteiger partial charge >= 0.3 is 0 Å². The minimum atomic E-state index is 0.0363. The smallest absolute Gasteiger partial charge is 0.238 e. The number of rotatable bonds is 18. The van der Waals surface area contributed by atoms with Crippen molar-refractivity contribution in [2.24, 2.45) is 0 Å². The van der Waals surface area contributed by atoms with E-state index < -0.39 is 0 Å². The number of hydrogen-bond acceptors (Lipinski definition) is 2. The minimum Gasteiger partial charge on any atom is -0.325 e. The molecule has 2 N–H and O–H groups in total. The predicted octanol–water partition coefficient (Wildman–Crippen LogP) is 7.00. The van der Waals surface area contributed by atoms with Gasteiger partial charge < -0.3 is 10.6 Å². The molecule has 0 bridgehead atoms. The Bertz CT molecular complexity index is 484. The summed E-state index contributed by atoms with van der Waals surface area (Å²) in [5.74, 6) is 0.0363. The van der Waals surface area contributed by atoms with Crippen molar-refractivity contribution in [2.45, 2.75) is 104 Å². The summed E-state index contributed by atoms with van der Waals surface area (Å²) >= 11 is 0. The molecule has 0 saturated carbocycles. The molecule has 1 amide bonds. The third kappa shape index (κ3) is 14.7. The van der Waals surface area contributed by atoms with Gasteiger partial charge in [0.25, 0.3) is 0 Å². The van der Waals surface area contributed by atoms with E-state index in [9.17, 15) is 4.79 Å². The number of hydrogen-bond donors (Lipinski definition) is 2. The SMILES string of the molecule is CCCCCCCCCCCCCCCCNCC(=O)Nc1ccc(C)cc1. The van der Waals surface area contributed by atoms with Gasteiger partial charge in [0.05, 0.1) is 6.54 Å². The topological polar surface area (TPSA) is 41.1 Å². The van der Waals surface area contributed by atoms with E-state index in [1.54, 1.807) is 0 Å². The molecule has 0 fully saturated rings. The van der Waals surface area contributed by atoms with E-state index in [1.807, 2.05) is 31.2 Å². The molecule has 1 aromatic rings. The molecule has 0 heterocycles. The molecule has 0 spiro atoms. The highest BCUT2D eigenvalue weighted by Crippen LogP contribution is 2.13. The van der Waals surface area contributed by atoms with Gasteiger partial charge in [0.15, 0.2) is 0 Å². The van der Waals surface area contributed by atoms with Gasteiger partial charge in [-0.05, 0) is 32.0 Å². The number of carbonyl (C=O) groups is 1. The molecule has 0 aromatic heterocycles. The fraction of sp³-hybridized carbons (Fsp3) is 0.720. The Morgan fingerprint density at radius 2 is 1.18 bits per heavy atom. The lowest BCUT2D eigenvalue weighted by molar-refractivity contribution is -0.115. The Balaban J connectivity index is 1.79. The zero-order chi connectivity index (χ0) is 20.3. The van der Waals surface area contributed by atoms with E-state index in [4.69, 9.17) is 0 Å². The largest absolute Gasteiger partial charge is 0.325 e. The maximum Gasteiger partial charge on any atom is 0.238 e. The van der Waals surface area contributed by atoms with Crippen LogP contribution in [0.1, 0.15) is 102 Å². The third-order valence-electron chi connectivity index (χ3n) is 5.33. The van der Waals surface area contributed by atoms with Crippen LogP contribution in [0, 0.1) is 6.92 Å². The number of anilines is 1. The van der Waals surface area contributed by atoms with E-state index in [1.165, 1.54) is 89.0 Å². The van der Waals surface area contributed by atoms with Crippen LogP contribution in [0.15, 0.2) is 24.3 Å². The average Bonchev–Trinajstić information content (AvgIpc) is 2.69. The van der Waals surface area contributed by atoms with Crippen molar-refractivity contribution in [3.8, 4) is 0 Å². The van der Waals surface area contributed by atoms with Crippen LogP contribution in [0.2, 0.25) is 0 Å². The highest BCUT2D eigenvalue weighted by Gasteiger charge is 2.01. The number of aryl methyl sites for hydroxylation is 1. The lowest BCUT2D eigenvalue weighted by Gasteiger charge is -2.07. The second kappa shape index (κ2) is 17.7. The van der Waals surface area contributed by atoms with Crippen molar-refractivity contribution in [3.05, 3.63) is 29.8 Å². The minimum absolute atomic E-state index is 0.0363. The summed E-state index contributed by atoms with van der Waals surface area (Å²) in [7, 11) is 0. The Morgan fingerprint density at radius 1 is 0.714 bits per heavy atom. The van der Waals surface area contributed by atoms with Gasteiger partial charge in [0.1, 0.15) is 0 Å². The molecule has 0 aliphatic carbocycles. The van der Waals surface area contributed by atoms with Crippen molar-refractivity contribution >= 4 is 11.6 Å². The van der Waals surface area contributed by atoms with E-state index in [-0.39, 0.29) is 5.91 Å². The monoisotopic (exact) mass is 388 g/mol. The van der Waals surface area contributed by atoms with Crippen LogP contribution in [0.3, 0.4) is 0 Å². The first-order valence-corrected chi connectivity index (χ1v) is 11.8. The molecule has 3 nitrogen and oxygen atoms in total. The van der Waals surface area contributed by atoms with Crippen molar-refractivity contribution in [2.75, 3.05) is 18.4 Å². The summed E-state index contributed by atoms with van der Waals surface area (Å²) in [6.45, 7) is 5.65. The maximum absolute atomic E-state index is 11.9. The summed E-state index contributed by atoms with van der Waals surface area (Å²) in [6.07, 6.45) is 19.3. The molecule has 28 heavy (non-hydrogen) atoms. The van der Waals surface area contributed by atoms with Gasteiger partial charge in [0, 0.05) is 5.69 Å². The van der Waals surface area contributed by atoms with Crippen LogP contribution in [-0.4, -0.2) is 19.0 Å². The number of amides is 1. The fourth-order valence-electron chi connectivity index (χ4n) is 3.49. The van der Waals surface area contributed by atoms with Crippen LogP contribution >= 0.6 is 0 Å². The molecule has 3 heteroatoms. The molecule has 160 valence electrons. The highest BCUT2D eigenvalue weighted by atomic mass is 16.1. The lowest BCUT2D eigenvalue weighted by atomic mass is 10.0. The zero-order valence-corrected chi connectivity index (χ0v) is 18.5. The van der Waals surface area contributed by atoms with Crippen molar-refractivity contribution < 1.29 is 4.79 Å². The number of unbranched alkanes of at least 4 members (excludes halogenated alkanes) is 13. The Morgan fingerprint density at radius 3 is 1.68 bits per heavy atom. The van der Waals surface area contributed by atoms with Gasteiger partial charge in [-0.3, -0.25) is 4.79 Å². The molecule has 0 saturated heterocycles. The molecular formula is C25H44N2O. The first-order valence-electron chi connectivity index (χ1n) is 11.8. The van der Waals surface area contributed by atoms with Crippen LogP contribution in [0.4, 0.5) is 5.69 Å². The number of nitrogens with one attached hydrogen (secondary N) is 2. The first kappa shape index (κ1) is 24.7. The molecule has 0 atom stereocenters. The van der Waals surface area contributed by atoms with Gasteiger partial charge in [-0.15, -0.1) is 0 Å². The molecule has 0 aliphatic rings. The van der Waals surface area contributed by atoms with Crippen LogP contribution < -0.4 is 10.6 Å². The number of carbonyl (C=O) groups excluding carboxylic acids is 1. The molecule has 0 radical (unpaired) electrons. The predicted molar refractivity (Wildman–Crippen MR) is 123 cm³/mol. The normalized spacial score (nSPS) is 10.9. The second-order valence-electron chi connectivity index (χ2n) is 8.19. The quantitative estimate of drug-likeness (QED) is 0.266. The van der Waals surface area contributed by atoms with Gasteiger partial charge in [0.2, 0.25) is 5.91 Å². The molecule has 0 unspecified atom stereocenters. The Kier molecular flexibility index (Phi) is 15.6. The van der Waals surface area contributed by atoms with Crippen LogP contribution in [0.25, 0.3) is 0 Å². The summed E-state index contributed by atoms with van der Waals surface area (Å²) in [5, 5.41) is 6.17. The Labute approximate surface area is 174 Å². The highest BCUT2D eigenvalue weighted by molar-refractivity contribution is 5.92. The van der Waals surface area contributed by atoms with E-state index in [2.05, 4.69) is 17.6 Å². The standard InChI is InChI=1S/C25H44N2O/c1-3-4-5-6-7-8-9-10-11-12-13-14-15-16-21-26-22-25(28)27-24-19-17-23(2)18-20-24/h17-20,26H,3-16,21-22H2,1-2H3,(H,27,28). The summed E-state index contributed by atoms with van der Waals surface area (Å²) in [5.41, 5.74) is 2.07. The van der Waals surface area contributed by atoms with Crippen molar-refractivity contribution in [3.63, 3.8) is 0 Å². The summed E-state index contributed by atoms with van der Waals surface area (Å²) in [6, 6.07) is 7.91. The first-order chi connectivity index (χ1) is 13.7. The number of benzene rings is 1. The van der Waals surface area contributed by atoms with E-state index in [0.29, 0.717) is 6.54 Å². The fourth-order valence-corrected chi connectivity index (χ4v) is 3.49. The van der Waals surface area contributed by atoms with Crippen molar-refractivity contribution in [1.29, 1.82) is 0 Å². The molecule has 0 aliphatic heterocycles. The third-order valence-corrected chi connectivity index (χ3v) is 5.33. The second-order valence-corrected chi connectivity index (χ2v) is 8.19. The average molecular weight is 389 g/mol. The summed E-state index contributed by atoms with van der Waals surface area (Å²) in [4.78, 5) is 11.9. The van der Waals surface area contributed by atoms with E-state index >= 15 is 0 Å². The van der Waals surface area contributed by atoms with Gasteiger partial charge in [-0.1, -0.05) is 108 Å². The lowest BCUT2D eigenvalue weighted by Crippen LogP contribution is -2.28. The van der Waals surface area contributed by atoms with Gasteiger partial charge in [-0.2, -0.15) is 0 Å². The van der Waals surface area contributed by atoms with Crippen molar-refractivity contribution in [1.82, 2.24) is 5.32 Å². The Hall–Kier alpha value is -1.35. The van der Waals surface area contributed by atoms with E-state index in [0.717, 1.165) is 18.7 Å². The molecule has 1 rings (SSSR count). The summed E-state index contributed by atoms with van der Waals surface area (Å²) < 4.78 is 0. The van der Waals surface area contributed by atoms with Gasteiger partial charge in [-0.25, -0.2) is 0 Å². The van der Waals surface area contributed by atoms with Crippen LogP contribution in [0.5, 0.6) is 0 Å². The zero-order valence-electron chi connectivity index (χ0n) is 18.5. The molecular weight excluding hydrogens is 344 g/mol. The van der Waals surface area contributed by atoms with Crippen LogP contribution in [-0.2, 0) is 4.79 Å². The molecule has 1 aromatic carbocycles.